The summed E-state index contributed by atoms with van der Waals surface area (Å²) in [6, 6.07) is 14.8. The van der Waals surface area contributed by atoms with Crippen molar-refractivity contribution < 1.29 is 24.2 Å². The summed E-state index contributed by atoms with van der Waals surface area (Å²) < 4.78 is 5.79. The van der Waals surface area contributed by atoms with Gasteiger partial charge >= 0.3 is 6.09 Å². The second-order valence-corrected chi connectivity index (χ2v) is 10.5. The molecule has 2 aromatic rings. The smallest absolute Gasteiger partial charge is 0.410 e. The molecule has 1 saturated carbocycles. The standard InChI is InChI=1S/C30H35N3O5/c1-3-8-25(27(34)29(36)31-19-13-14-19)32-28(35)26-15-18(2)16-33(26)30(37)38-17-24-22-11-6-4-9-20(22)21-10-5-7-12-23(21)24/h4-7,9-12,19,24-27,34H,2-3,8,13-17H2,1H3,(H,31,36)(H,32,35)/t25-,26-,27?/m0/s1. The Bertz CT molecular complexity index is 1190. The molecule has 5 rings (SSSR count). The second-order valence-electron chi connectivity index (χ2n) is 10.5. The van der Waals surface area contributed by atoms with Crippen molar-refractivity contribution in [3.05, 3.63) is 71.8 Å². The van der Waals surface area contributed by atoms with E-state index in [1.54, 1.807) is 0 Å². The average molecular weight is 518 g/mol. The molecule has 1 aliphatic heterocycles. The maximum atomic E-state index is 13.3. The number of nitrogens with one attached hydrogen (secondary N) is 2. The Morgan fingerprint density at radius 1 is 1.08 bits per heavy atom. The highest BCUT2D eigenvalue weighted by atomic mass is 16.6. The van der Waals surface area contributed by atoms with Crippen LogP contribution in [0.3, 0.4) is 0 Å². The van der Waals surface area contributed by atoms with Crippen molar-refractivity contribution in [2.45, 2.75) is 69.2 Å². The summed E-state index contributed by atoms with van der Waals surface area (Å²) in [4.78, 5) is 40.3. The number of hydrogen-bond acceptors (Lipinski definition) is 5. The minimum absolute atomic E-state index is 0.0847. The first kappa shape index (κ1) is 26.0. The van der Waals surface area contributed by atoms with Gasteiger partial charge in [0.1, 0.15) is 12.6 Å². The summed E-state index contributed by atoms with van der Waals surface area (Å²) in [5.41, 5.74) is 5.26. The van der Waals surface area contributed by atoms with Crippen LogP contribution in [-0.2, 0) is 14.3 Å². The number of aliphatic hydroxyl groups is 1. The minimum atomic E-state index is -1.35. The Labute approximate surface area is 223 Å². The zero-order valence-electron chi connectivity index (χ0n) is 21.7. The molecule has 1 heterocycles. The van der Waals surface area contributed by atoms with Gasteiger partial charge in [-0.3, -0.25) is 14.5 Å². The quantitative estimate of drug-likeness (QED) is 0.442. The van der Waals surface area contributed by atoms with Gasteiger partial charge in [-0.25, -0.2) is 4.79 Å². The van der Waals surface area contributed by atoms with Crippen molar-refractivity contribution >= 4 is 17.9 Å². The molecule has 0 radical (unpaired) electrons. The van der Waals surface area contributed by atoms with Crippen LogP contribution in [0.2, 0.25) is 0 Å². The van der Waals surface area contributed by atoms with Crippen molar-refractivity contribution in [3.63, 3.8) is 0 Å². The Morgan fingerprint density at radius 3 is 2.32 bits per heavy atom. The van der Waals surface area contributed by atoms with Crippen LogP contribution in [0, 0.1) is 0 Å². The van der Waals surface area contributed by atoms with Crippen LogP contribution in [0.15, 0.2) is 60.7 Å². The molecule has 3 atom stereocenters. The predicted octanol–water partition coefficient (Wildman–Crippen LogP) is 3.49. The number of benzene rings is 2. The van der Waals surface area contributed by atoms with E-state index in [1.165, 1.54) is 4.90 Å². The minimum Gasteiger partial charge on any atom is -0.448 e. The van der Waals surface area contributed by atoms with Crippen molar-refractivity contribution in [2.75, 3.05) is 13.2 Å². The lowest BCUT2D eigenvalue weighted by molar-refractivity contribution is -0.133. The second kappa shape index (κ2) is 11.0. The Kier molecular flexibility index (Phi) is 7.51. The highest BCUT2D eigenvalue weighted by Gasteiger charge is 2.40. The molecule has 8 heteroatoms. The van der Waals surface area contributed by atoms with E-state index in [4.69, 9.17) is 4.74 Å². The van der Waals surface area contributed by atoms with Crippen LogP contribution >= 0.6 is 0 Å². The van der Waals surface area contributed by atoms with Gasteiger partial charge in [-0.15, -0.1) is 0 Å². The molecule has 0 spiro atoms. The number of carbonyl (C=O) groups excluding carboxylic acids is 3. The maximum absolute atomic E-state index is 13.3. The molecular formula is C30H35N3O5. The fourth-order valence-electron chi connectivity index (χ4n) is 5.50. The summed E-state index contributed by atoms with van der Waals surface area (Å²) in [5, 5.41) is 16.2. The highest BCUT2D eigenvalue weighted by Crippen LogP contribution is 2.44. The molecule has 1 saturated heterocycles. The van der Waals surface area contributed by atoms with Crippen molar-refractivity contribution in [1.29, 1.82) is 0 Å². The highest BCUT2D eigenvalue weighted by molar-refractivity contribution is 5.89. The first-order valence-electron chi connectivity index (χ1n) is 13.4. The van der Waals surface area contributed by atoms with E-state index in [1.807, 2.05) is 31.2 Å². The fraction of sp³-hybridized carbons (Fsp3) is 0.433. The molecule has 38 heavy (non-hydrogen) atoms. The molecule has 0 bridgehead atoms. The van der Waals surface area contributed by atoms with Crippen molar-refractivity contribution in [3.8, 4) is 11.1 Å². The van der Waals surface area contributed by atoms with Gasteiger partial charge in [-0.05, 0) is 47.9 Å². The van der Waals surface area contributed by atoms with E-state index < -0.39 is 36.1 Å². The molecule has 1 unspecified atom stereocenters. The number of aliphatic hydroxyl groups excluding tert-OH is 1. The third-order valence-electron chi connectivity index (χ3n) is 7.63. The summed E-state index contributed by atoms with van der Waals surface area (Å²) in [6.07, 6.45) is 1.29. The average Bonchev–Trinajstić information content (AvgIpc) is 3.56. The Hall–Kier alpha value is -3.65. The largest absolute Gasteiger partial charge is 0.448 e. The molecule has 3 amide bonds. The molecule has 2 fully saturated rings. The zero-order chi connectivity index (χ0) is 26.8. The number of carbonyl (C=O) groups is 3. The number of fused-ring (bicyclic) bond motifs is 3. The zero-order valence-corrected chi connectivity index (χ0v) is 21.7. The van der Waals surface area contributed by atoms with Crippen molar-refractivity contribution in [2.24, 2.45) is 0 Å². The number of ether oxygens (including phenoxy) is 1. The first-order chi connectivity index (χ1) is 18.4. The van der Waals surface area contributed by atoms with Crippen LogP contribution in [-0.4, -0.2) is 65.3 Å². The summed E-state index contributed by atoms with van der Waals surface area (Å²) in [5.74, 6) is -0.983. The Morgan fingerprint density at radius 2 is 1.71 bits per heavy atom. The summed E-state index contributed by atoms with van der Waals surface area (Å²) >= 11 is 0. The number of nitrogens with zero attached hydrogens (tertiary/aromatic N) is 1. The van der Waals surface area contributed by atoms with E-state index in [0.29, 0.717) is 19.3 Å². The maximum Gasteiger partial charge on any atom is 0.410 e. The Balaban J connectivity index is 1.25. The molecule has 200 valence electrons. The van der Waals surface area contributed by atoms with Gasteiger partial charge in [0.05, 0.1) is 6.04 Å². The van der Waals surface area contributed by atoms with Gasteiger partial charge < -0.3 is 20.5 Å². The van der Waals surface area contributed by atoms with E-state index in [-0.39, 0.29) is 25.1 Å². The summed E-state index contributed by atoms with van der Waals surface area (Å²) in [6.45, 7) is 6.29. The van der Waals surface area contributed by atoms with E-state index >= 15 is 0 Å². The SMILES string of the molecule is C=C1C[C@@H](C(=O)N[C@@H](CCC)C(O)C(=O)NC2CC2)N(C(=O)OCC2c3ccccc3-c3ccccc32)C1. The van der Waals surface area contributed by atoms with Gasteiger partial charge in [-0.1, -0.05) is 74.0 Å². The molecule has 3 aliphatic rings. The van der Waals surface area contributed by atoms with E-state index in [2.05, 4.69) is 41.5 Å². The molecule has 2 aromatic carbocycles. The van der Waals surface area contributed by atoms with Crippen LogP contribution in [0.25, 0.3) is 11.1 Å². The van der Waals surface area contributed by atoms with E-state index in [0.717, 1.165) is 40.7 Å². The van der Waals surface area contributed by atoms with Gasteiger partial charge in [0.15, 0.2) is 6.10 Å². The van der Waals surface area contributed by atoms with Gasteiger partial charge in [0.25, 0.3) is 5.91 Å². The molecular weight excluding hydrogens is 482 g/mol. The predicted molar refractivity (Wildman–Crippen MR) is 143 cm³/mol. The lowest BCUT2D eigenvalue weighted by Crippen LogP contribution is -2.55. The molecule has 2 aliphatic carbocycles. The number of amides is 3. The molecule has 3 N–H and O–H groups in total. The first-order valence-corrected chi connectivity index (χ1v) is 13.4. The van der Waals surface area contributed by atoms with Crippen LogP contribution in [0.1, 0.15) is 56.1 Å². The van der Waals surface area contributed by atoms with Crippen molar-refractivity contribution in [1.82, 2.24) is 15.5 Å². The monoisotopic (exact) mass is 517 g/mol. The topological polar surface area (TPSA) is 108 Å². The van der Waals surface area contributed by atoms with Crippen LogP contribution < -0.4 is 10.6 Å². The lowest BCUT2D eigenvalue weighted by Gasteiger charge is -2.28. The number of likely N-dealkylation sites (tertiary alicyclic amines) is 1. The lowest BCUT2D eigenvalue weighted by atomic mass is 9.98. The van der Waals surface area contributed by atoms with Gasteiger partial charge in [0.2, 0.25) is 5.91 Å². The fourth-order valence-corrected chi connectivity index (χ4v) is 5.50. The normalized spacial score (nSPS) is 19.9. The van der Waals surface area contributed by atoms with Gasteiger partial charge in [-0.2, -0.15) is 0 Å². The molecule has 8 nitrogen and oxygen atoms in total. The van der Waals surface area contributed by atoms with Crippen LogP contribution in [0.4, 0.5) is 4.79 Å². The van der Waals surface area contributed by atoms with E-state index in [9.17, 15) is 19.5 Å². The summed E-state index contributed by atoms with van der Waals surface area (Å²) in [7, 11) is 0. The van der Waals surface area contributed by atoms with Gasteiger partial charge in [0, 0.05) is 18.5 Å². The third kappa shape index (κ3) is 5.31. The van der Waals surface area contributed by atoms with Crippen LogP contribution in [0.5, 0.6) is 0 Å². The molecule has 0 aromatic heterocycles. The number of rotatable bonds is 9. The third-order valence-corrected chi connectivity index (χ3v) is 7.63. The number of hydrogen-bond donors (Lipinski definition) is 3.